The third-order valence-electron chi connectivity index (χ3n) is 7.99. The van der Waals surface area contributed by atoms with E-state index >= 15 is 0 Å². The lowest BCUT2D eigenvalue weighted by atomic mass is 9.82. The summed E-state index contributed by atoms with van der Waals surface area (Å²) in [6, 6.07) is -0.149. The third kappa shape index (κ3) is 4.08. The Balaban J connectivity index is 1.24. The van der Waals surface area contributed by atoms with Crippen molar-refractivity contribution in [3.63, 3.8) is 0 Å². The number of rotatable bonds is 5. The summed E-state index contributed by atoms with van der Waals surface area (Å²) in [4.78, 5) is 35.6. The molecule has 8 nitrogen and oxygen atoms in total. The summed E-state index contributed by atoms with van der Waals surface area (Å²) in [5, 5.41) is 3.45. The van der Waals surface area contributed by atoms with Gasteiger partial charge in [0.1, 0.15) is 11.9 Å². The Morgan fingerprint density at radius 1 is 1.09 bits per heavy atom. The van der Waals surface area contributed by atoms with Gasteiger partial charge in [0.05, 0.1) is 11.9 Å². The molecule has 176 valence electrons. The van der Waals surface area contributed by atoms with E-state index in [1.165, 1.54) is 24.1 Å². The Bertz CT molecular complexity index is 1050. The number of aromatic amines is 1. The minimum absolute atomic E-state index is 0.149. The number of fused-ring (bicyclic) bond motifs is 1. The van der Waals surface area contributed by atoms with Crippen LogP contribution in [0.25, 0.3) is 0 Å². The maximum atomic E-state index is 13.5. The van der Waals surface area contributed by atoms with E-state index in [1.54, 1.807) is 0 Å². The summed E-state index contributed by atoms with van der Waals surface area (Å²) in [5.74, 6) is 3.18. The molecule has 1 amide bonds. The fourth-order valence-corrected chi connectivity index (χ4v) is 5.57. The highest BCUT2D eigenvalue weighted by Crippen LogP contribution is 2.40. The summed E-state index contributed by atoms with van der Waals surface area (Å²) in [5.41, 5.74) is 3.86. The third-order valence-corrected chi connectivity index (χ3v) is 7.99. The first kappa shape index (κ1) is 20.9. The average molecular weight is 450 g/mol. The van der Waals surface area contributed by atoms with Gasteiger partial charge in [-0.15, -0.1) is 0 Å². The van der Waals surface area contributed by atoms with Crippen LogP contribution in [-0.2, 0) is 17.6 Å². The molecule has 4 heterocycles. The zero-order chi connectivity index (χ0) is 22.6. The van der Waals surface area contributed by atoms with Gasteiger partial charge < -0.3 is 20.1 Å². The molecule has 0 bridgehead atoms. The number of anilines is 3. The fourth-order valence-electron chi connectivity index (χ4n) is 5.57. The average Bonchev–Trinajstić information content (AvgIpc) is 3.19. The SMILES string of the molecule is CC1(C)CCN(C(=O)C2CCCN2c2nc3c(c(Nc4ncc(C5CC5)[nH]4)n2)CCC3)CC1. The van der Waals surface area contributed by atoms with Gasteiger partial charge in [-0.05, 0) is 63.2 Å². The minimum Gasteiger partial charge on any atom is -0.341 e. The van der Waals surface area contributed by atoms with Crippen molar-refractivity contribution in [2.75, 3.05) is 29.9 Å². The van der Waals surface area contributed by atoms with E-state index in [9.17, 15) is 4.79 Å². The van der Waals surface area contributed by atoms with Crippen molar-refractivity contribution in [1.82, 2.24) is 24.8 Å². The molecular weight excluding hydrogens is 414 g/mol. The second-order valence-corrected chi connectivity index (χ2v) is 11.1. The van der Waals surface area contributed by atoms with E-state index in [4.69, 9.17) is 9.97 Å². The highest BCUT2D eigenvalue weighted by molar-refractivity contribution is 5.85. The molecule has 2 aromatic heterocycles. The predicted molar refractivity (Wildman–Crippen MR) is 128 cm³/mol. The number of nitrogens with one attached hydrogen (secondary N) is 2. The molecule has 1 unspecified atom stereocenters. The number of aryl methyl sites for hydroxylation is 1. The number of carbonyl (C=O) groups is 1. The van der Waals surface area contributed by atoms with Crippen molar-refractivity contribution in [2.24, 2.45) is 5.41 Å². The van der Waals surface area contributed by atoms with Crippen LogP contribution >= 0.6 is 0 Å². The topological polar surface area (TPSA) is 90.0 Å². The van der Waals surface area contributed by atoms with Gasteiger partial charge in [0.25, 0.3) is 0 Å². The van der Waals surface area contributed by atoms with Crippen molar-refractivity contribution < 1.29 is 4.79 Å². The van der Waals surface area contributed by atoms with Crippen molar-refractivity contribution in [3.05, 3.63) is 23.1 Å². The van der Waals surface area contributed by atoms with Crippen LogP contribution in [0, 0.1) is 5.41 Å². The van der Waals surface area contributed by atoms with E-state index in [-0.39, 0.29) is 11.9 Å². The number of piperidine rings is 1. The predicted octanol–water partition coefficient (Wildman–Crippen LogP) is 3.93. The van der Waals surface area contributed by atoms with E-state index < -0.39 is 0 Å². The minimum atomic E-state index is -0.149. The highest BCUT2D eigenvalue weighted by atomic mass is 16.2. The van der Waals surface area contributed by atoms with Gasteiger partial charge in [0.15, 0.2) is 0 Å². The molecule has 33 heavy (non-hydrogen) atoms. The number of hydrogen-bond donors (Lipinski definition) is 2. The van der Waals surface area contributed by atoms with Crippen LogP contribution in [0.15, 0.2) is 6.20 Å². The largest absolute Gasteiger partial charge is 0.341 e. The lowest BCUT2D eigenvalue weighted by Gasteiger charge is -2.39. The number of aromatic nitrogens is 4. The number of carbonyl (C=O) groups excluding carboxylic acids is 1. The number of imidazole rings is 1. The second-order valence-electron chi connectivity index (χ2n) is 11.1. The maximum Gasteiger partial charge on any atom is 0.245 e. The molecule has 2 aromatic rings. The summed E-state index contributed by atoms with van der Waals surface area (Å²) < 4.78 is 0. The summed E-state index contributed by atoms with van der Waals surface area (Å²) >= 11 is 0. The Morgan fingerprint density at radius 3 is 2.70 bits per heavy atom. The number of hydrogen-bond acceptors (Lipinski definition) is 6. The lowest BCUT2D eigenvalue weighted by molar-refractivity contribution is -0.134. The standard InChI is InChI=1S/C25H35N7O/c1-25(2)10-13-31(14-11-25)22(33)20-7-4-12-32(20)24-28-18-6-3-5-17(18)21(30-24)29-23-26-15-19(27-23)16-8-9-16/h15-16,20H,3-14H2,1-2H3,(H2,26,27,28,29,30). The van der Waals surface area contributed by atoms with Gasteiger partial charge >= 0.3 is 0 Å². The van der Waals surface area contributed by atoms with Crippen molar-refractivity contribution in [2.45, 2.75) is 83.6 Å². The quantitative estimate of drug-likeness (QED) is 0.719. The molecule has 2 N–H and O–H groups in total. The first-order valence-electron chi connectivity index (χ1n) is 12.7. The molecule has 0 spiro atoms. The van der Waals surface area contributed by atoms with E-state index in [0.717, 1.165) is 82.0 Å². The van der Waals surface area contributed by atoms with Crippen LogP contribution in [0.5, 0.6) is 0 Å². The normalized spacial score (nSPS) is 24.2. The van der Waals surface area contributed by atoms with E-state index in [1.807, 2.05) is 6.20 Å². The Hall–Kier alpha value is -2.64. The van der Waals surface area contributed by atoms with Crippen LogP contribution < -0.4 is 10.2 Å². The monoisotopic (exact) mass is 449 g/mol. The van der Waals surface area contributed by atoms with E-state index in [0.29, 0.717) is 17.3 Å². The molecule has 2 saturated heterocycles. The van der Waals surface area contributed by atoms with Gasteiger partial charge in [0, 0.05) is 36.8 Å². The van der Waals surface area contributed by atoms with Crippen LogP contribution in [0.4, 0.5) is 17.7 Å². The molecule has 6 rings (SSSR count). The Labute approximate surface area is 195 Å². The molecule has 4 aliphatic rings. The summed E-state index contributed by atoms with van der Waals surface area (Å²) in [6.45, 7) is 7.15. The zero-order valence-electron chi connectivity index (χ0n) is 19.9. The molecule has 0 aromatic carbocycles. The number of H-pyrrole nitrogens is 1. The van der Waals surface area contributed by atoms with Crippen LogP contribution in [0.2, 0.25) is 0 Å². The number of nitrogens with zero attached hydrogens (tertiary/aromatic N) is 5. The number of likely N-dealkylation sites (tertiary alicyclic amines) is 1. The Kier molecular flexibility index (Phi) is 5.07. The smallest absolute Gasteiger partial charge is 0.245 e. The van der Waals surface area contributed by atoms with Gasteiger partial charge in [0.2, 0.25) is 17.8 Å². The zero-order valence-corrected chi connectivity index (χ0v) is 19.9. The maximum absolute atomic E-state index is 13.5. The van der Waals surface area contributed by atoms with Crippen molar-refractivity contribution in [1.29, 1.82) is 0 Å². The summed E-state index contributed by atoms with van der Waals surface area (Å²) in [7, 11) is 0. The van der Waals surface area contributed by atoms with Gasteiger partial charge in [-0.2, -0.15) is 4.98 Å². The van der Waals surface area contributed by atoms with Crippen LogP contribution in [-0.4, -0.2) is 56.4 Å². The first-order chi connectivity index (χ1) is 16.0. The molecule has 3 fully saturated rings. The van der Waals surface area contributed by atoms with Crippen LogP contribution in [0.3, 0.4) is 0 Å². The summed E-state index contributed by atoms with van der Waals surface area (Å²) in [6.07, 6.45) is 11.5. The van der Waals surface area contributed by atoms with Gasteiger partial charge in [-0.25, -0.2) is 9.97 Å². The Morgan fingerprint density at radius 2 is 1.91 bits per heavy atom. The molecule has 2 aliphatic heterocycles. The van der Waals surface area contributed by atoms with Crippen LogP contribution in [0.1, 0.15) is 81.7 Å². The molecule has 1 atom stereocenters. The second kappa shape index (κ2) is 7.99. The number of amides is 1. The molecule has 2 aliphatic carbocycles. The molecule has 8 heteroatoms. The van der Waals surface area contributed by atoms with Gasteiger partial charge in [-0.3, -0.25) is 4.79 Å². The first-order valence-corrected chi connectivity index (χ1v) is 12.7. The van der Waals surface area contributed by atoms with E-state index in [2.05, 4.69) is 38.9 Å². The molecule has 1 saturated carbocycles. The molecule has 0 radical (unpaired) electrons. The fraction of sp³-hybridized carbons (Fsp3) is 0.680. The highest BCUT2D eigenvalue weighted by Gasteiger charge is 2.38. The van der Waals surface area contributed by atoms with Crippen molar-refractivity contribution >= 4 is 23.6 Å². The van der Waals surface area contributed by atoms with Gasteiger partial charge in [-0.1, -0.05) is 13.8 Å². The van der Waals surface area contributed by atoms with Crippen molar-refractivity contribution in [3.8, 4) is 0 Å². The molecular formula is C25H35N7O. The lowest BCUT2D eigenvalue weighted by Crippen LogP contribution is -2.50.